The molecule has 0 saturated carbocycles. The lowest BCUT2D eigenvalue weighted by Gasteiger charge is -2.25. The van der Waals surface area contributed by atoms with Crippen LogP contribution in [0, 0.1) is 0 Å². The molecule has 1 aromatic carbocycles. The molecule has 1 fully saturated rings. The molecule has 2 atom stereocenters. The summed E-state index contributed by atoms with van der Waals surface area (Å²) >= 11 is 11.6. The van der Waals surface area contributed by atoms with E-state index < -0.39 is 0 Å². The number of aliphatic hydroxyl groups is 1. The number of hydrogen-bond donors (Lipinski definition) is 2. The van der Waals surface area contributed by atoms with E-state index in [-0.39, 0.29) is 18.7 Å². The van der Waals surface area contributed by atoms with Gasteiger partial charge in [-0.2, -0.15) is 0 Å². The van der Waals surface area contributed by atoms with Gasteiger partial charge in [-0.25, -0.2) is 0 Å². The van der Waals surface area contributed by atoms with E-state index in [4.69, 9.17) is 28.2 Å². The molecule has 28 heavy (non-hydrogen) atoms. The Balaban J connectivity index is 1.70. The van der Waals surface area contributed by atoms with E-state index in [0.29, 0.717) is 23.1 Å². The zero-order chi connectivity index (χ0) is 19.5. The Morgan fingerprint density at radius 3 is 2.68 bits per heavy atom. The second-order valence-electron chi connectivity index (χ2n) is 6.61. The minimum Gasteiger partial charge on any atom is -0.459 e. The monoisotopic (exact) mass is 413 g/mol. The minimum absolute atomic E-state index is 0.105. The molecule has 144 valence electrons. The Labute approximate surface area is 174 Å². The standard InChI is InChI=1S/C21H20ClN3O2S/c22-15-7-5-14(6-8-15)17-9-10-18(27-17)20-19(16-4-1-2-11-23-16)24-21(28)25(20)12-3-13-26/h1-2,4-11,19-20,26H,3,12-13H2,(H,24,28)/t19-,20+/m0/s1. The molecule has 0 amide bonds. The average molecular weight is 414 g/mol. The van der Waals surface area contributed by atoms with Gasteiger partial charge in [0.15, 0.2) is 5.11 Å². The van der Waals surface area contributed by atoms with E-state index in [1.165, 1.54) is 0 Å². The molecule has 0 bridgehead atoms. The third-order valence-corrected chi connectivity index (χ3v) is 5.41. The molecule has 2 aromatic heterocycles. The van der Waals surface area contributed by atoms with E-state index in [0.717, 1.165) is 22.8 Å². The van der Waals surface area contributed by atoms with Crippen molar-refractivity contribution in [3.8, 4) is 11.3 Å². The number of thiocarbonyl (C=S) groups is 1. The third kappa shape index (κ3) is 3.76. The van der Waals surface area contributed by atoms with Crippen molar-refractivity contribution in [3.05, 3.63) is 77.3 Å². The first-order chi connectivity index (χ1) is 13.7. The summed E-state index contributed by atoms with van der Waals surface area (Å²) in [6.45, 7) is 0.738. The Bertz CT molecular complexity index is 946. The maximum absolute atomic E-state index is 9.29. The van der Waals surface area contributed by atoms with Crippen LogP contribution in [-0.2, 0) is 0 Å². The highest BCUT2D eigenvalue weighted by Crippen LogP contribution is 2.40. The quantitative estimate of drug-likeness (QED) is 0.586. The average Bonchev–Trinajstić information content (AvgIpc) is 3.32. The van der Waals surface area contributed by atoms with Gasteiger partial charge in [0.2, 0.25) is 0 Å². The topological polar surface area (TPSA) is 61.5 Å². The van der Waals surface area contributed by atoms with Crippen LogP contribution in [0.15, 0.2) is 65.2 Å². The van der Waals surface area contributed by atoms with Crippen LogP contribution in [0.25, 0.3) is 11.3 Å². The molecule has 3 heterocycles. The lowest BCUT2D eigenvalue weighted by atomic mass is 10.0. The van der Waals surface area contributed by atoms with Crippen LogP contribution in [-0.4, -0.2) is 33.3 Å². The van der Waals surface area contributed by atoms with E-state index in [1.807, 2.05) is 54.6 Å². The second kappa shape index (κ2) is 8.31. The maximum Gasteiger partial charge on any atom is 0.170 e. The number of furan rings is 1. The number of aliphatic hydroxyl groups excluding tert-OH is 1. The van der Waals surface area contributed by atoms with Crippen LogP contribution < -0.4 is 5.32 Å². The smallest absolute Gasteiger partial charge is 0.170 e. The minimum atomic E-state index is -0.144. The van der Waals surface area contributed by atoms with E-state index in [2.05, 4.69) is 15.2 Å². The number of rotatable bonds is 6. The molecule has 1 aliphatic heterocycles. The Hall–Kier alpha value is -2.41. The summed E-state index contributed by atoms with van der Waals surface area (Å²) in [6, 6.07) is 17.0. The van der Waals surface area contributed by atoms with Crippen molar-refractivity contribution in [2.45, 2.75) is 18.5 Å². The molecule has 0 spiro atoms. The van der Waals surface area contributed by atoms with Gasteiger partial charge in [-0.1, -0.05) is 17.7 Å². The van der Waals surface area contributed by atoms with E-state index in [1.54, 1.807) is 6.20 Å². The van der Waals surface area contributed by atoms with Crippen molar-refractivity contribution in [2.75, 3.05) is 13.2 Å². The van der Waals surface area contributed by atoms with Crippen molar-refractivity contribution in [3.63, 3.8) is 0 Å². The summed E-state index contributed by atoms with van der Waals surface area (Å²) < 4.78 is 6.23. The van der Waals surface area contributed by atoms with E-state index >= 15 is 0 Å². The number of hydrogen-bond acceptors (Lipinski definition) is 4. The number of benzene rings is 1. The van der Waals surface area contributed by atoms with Gasteiger partial charge in [-0.05, 0) is 67.2 Å². The molecule has 7 heteroatoms. The second-order valence-corrected chi connectivity index (χ2v) is 7.43. The van der Waals surface area contributed by atoms with Crippen LogP contribution in [0.4, 0.5) is 0 Å². The summed E-state index contributed by atoms with van der Waals surface area (Å²) in [5, 5.41) is 14.0. The zero-order valence-electron chi connectivity index (χ0n) is 15.1. The summed E-state index contributed by atoms with van der Waals surface area (Å²) in [5.41, 5.74) is 1.85. The van der Waals surface area contributed by atoms with Crippen LogP contribution in [0.3, 0.4) is 0 Å². The van der Waals surface area contributed by atoms with Crippen molar-refractivity contribution in [1.29, 1.82) is 0 Å². The van der Waals surface area contributed by atoms with Crippen LogP contribution >= 0.6 is 23.8 Å². The molecule has 0 unspecified atom stereocenters. The van der Waals surface area contributed by atoms with Crippen LogP contribution in [0.1, 0.15) is 30.0 Å². The fraction of sp³-hybridized carbons (Fsp3) is 0.238. The predicted octanol–water partition coefficient (Wildman–Crippen LogP) is 4.35. The van der Waals surface area contributed by atoms with Gasteiger partial charge in [0.05, 0.1) is 11.7 Å². The van der Waals surface area contributed by atoms with Gasteiger partial charge in [0.25, 0.3) is 0 Å². The van der Waals surface area contributed by atoms with Gasteiger partial charge >= 0.3 is 0 Å². The number of pyridine rings is 1. The van der Waals surface area contributed by atoms with E-state index in [9.17, 15) is 5.11 Å². The fourth-order valence-electron chi connectivity index (χ4n) is 3.48. The normalized spacial score (nSPS) is 19.1. The SMILES string of the molecule is OCCCN1C(=S)N[C@@H](c2ccccn2)[C@H]1c1ccc(-c2ccc(Cl)cc2)o1. The predicted molar refractivity (Wildman–Crippen MR) is 113 cm³/mol. The first-order valence-electron chi connectivity index (χ1n) is 9.12. The summed E-state index contributed by atoms with van der Waals surface area (Å²) in [7, 11) is 0. The van der Waals surface area contributed by atoms with Gasteiger partial charge in [-0.15, -0.1) is 0 Å². The zero-order valence-corrected chi connectivity index (χ0v) is 16.7. The molecular weight excluding hydrogens is 394 g/mol. The van der Waals surface area contributed by atoms with Gasteiger partial charge in [-0.3, -0.25) is 4.98 Å². The molecule has 1 aliphatic rings. The van der Waals surface area contributed by atoms with Crippen molar-refractivity contribution < 1.29 is 9.52 Å². The highest BCUT2D eigenvalue weighted by molar-refractivity contribution is 7.80. The summed E-state index contributed by atoms with van der Waals surface area (Å²) in [5.74, 6) is 1.57. The van der Waals surface area contributed by atoms with Gasteiger partial charge in [0.1, 0.15) is 17.6 Å². The molecular formula is C21H20ClN3O2S. The Kier molecular flexibility index (Phi) is 5.62. The first kappa shape index (κ1) is 18.9. The largest absolute Gasteiger partial charge is 0.459 e. The fourth-order valence-corrected chi connectivity index (χ4v) is 3.94. The molecule has 2 N–H and O–H groups in total. The molecule has 1 saturated heterocycles. The molecule has 0 aliphatic carbocycles. The number of nitrogens with one attached hydrogen (secondary N) is 1. The van der Waals surface area contributed by atoms with Crippen molar-refractivity contribution in [2.24, 2.45) is 0 Å². The summed E-state index contributed by atoms with van der Waals surface area (Å²) in [6.07, 6.45) is 2.40. The molecule has 0 radical (unpaired) electrons. The number of aromatic nitrogens is 1. The van der Waals surface area contributed by atoms with Crippen LogP contribution in [0.2, 0.25) is 5.02 Å². The summed E-state index contributed by atoms with van der Waals surface area (Å²) in [4.78, 5) is 6.57. The lowest BCUT2D eigenvalue weighted by molar-refractivity contribution is 0.233. The molecule has 3 aromatic rings. The van der Waals surface area contributed by atoms with Crippen molar-refractivity contribution in [1.82, 2.24) is 15.2 Å². The molecule has 4 rings (SSSR count). The first-order valence-corrected chi connectivity index (χ1v) is 9.90. The van der Waals surface area contributed by atoms with Gasteiger partial charge in [0, 0.05) is 29.9 Å². The third-order valence-electron chi connectivity index (χ3n) is 4.80. The van der Waals surface area contributed by atoms with Crippen molar-refractivity contribution >= 4 is 28.9 Å². The molecule has 5 nitrogen and oxygen atoms in total. The Morgan fingerprint density at radius 2 is 1.96 bits per heavy atom. The van der Waals surface area contributed by atoms with Crippen LogP contribution in [0.5, 0.6) is 0 Å². The van der Waals surface area contributed by atoms with Gasteiger partial charge < -0.3 is 19.7 Å². The highest BCUT2D eigenvalue weighted by atomic mass is 35.5. The highest BCUT2D eigenvalue weighted by Gasteiger charge is 2.41. The Morgan fingerprint density at radius 1 is 1.14 bits per heavy atom. The number of nitrogens with zero attached hydrogens (tertiary/aromatic N) is 2. The number of halogens is 1. The maximum atomic E-state index is 9.29. The lowest BCUT2D eigenvalue weighted by Crippen LogP contribution is -2.30.